The summed E-state index contributed by atoms with van der Waals surface area (Å²) in [4.78, 5) is 39.2. The minimum absolute atomic E-state index is 0.0451. The smallest absolute Gasteiger partial charge is 0.328 e. The molecule has 3 rings (SSSR count). The van der Waals surface area contributed by atoms with Crippen LogP contribution in [0, 0.1) is 5.92 Å². The highest BCUT2D eigenvalue weighted by Crippen LogP contribution is 2.41. The number of benzene rings is 1. The maximum absolute atomic E-state index is 13.3. The van der Waals surface area contributed by atoms with Crippen LogP contribution in [0.25, 0.3) is 0 Å². The fourth-order valence-corrected chi connectivity index (χ4v) is 4.89. The molecule has 5 atom stereocenters. The van der Waals surface area contributed by atoms with Crippen LogP contribution in [0.1, 0.15) is 51.5 Å². The maximum atomic E-state index is 13.3. The molecule has 0 radical (unpaired) electrons. The van der Waals surface area contributed by atoms with E-state index in [-0.39, 0.29) is 24.5 Å². The van der Waals surface area contributed by atoms with Gasteiger partial charge in [-0.15, -0.1) is 0 Å². The Morgan fingerprint density at radius 3 is 2.63 bits per heavy atom. The number of rotatable bonds is 9. The van der Waals surface area contributed by atoms with Crippen molar-refractivity contribution in [1.82, 2.24) is 10.2 Å². The molecule has 0 spiro atoms. The topological polar surface area (TPSA) is 95.9 Å². The molecule has 1 aliphatic heterocycles. The summed E-state index contributed by atoms with van der Waals surface area (Å²) in [7, 11) is 0. The Hall–Kier alpha value is -2.41. The number of carbonyl (C=O) groups is 3. The number of carboxylic acid groups (broad SMARTS) is 1. The van der Waals surface area contributed by atoms with E-state index in [2.05, 4.69) is 5.32 Å². The molecule has 1 amide bonds. The van der Waals surface area contributed by atoms with Crippen LogP contribution < -0.4 is 5.32 Å². The van der Waals surface area contributed by atoms with Gasteiger partial charge in [-0.3, -0.25) is 14.9 Å². The van der Waals surface area contributed by atoms with Gasteiger partial charge in [-0.05, 0) is 57.4 Å². The number of nitrogens with one attached hydrogen (secondary N) is 1. The van der Waals surface area contributed by atoms with Crippen LogP contribution in [-0.4, -0.2) is 58.6 Å². The van der Waals surface area contributed by atoms with E-state index in [9.17, 15) is 19.5 Å². The predicted octanol–water partition coefficient (Wildman–Crippen LogP) is 2.38. The molecule has 7 nitrogen and oxygen atoms in total. The van der Waals surface area contributed by atoms with Crippen LogP contribution in [0.2, 0.25) is 0 Å². The van der Waals surface area contributed by atoms with Crippen LogP contribution in [0.3, 0.4) is 0 Å². The Kier molecular flexibility index (Phi) is 7.48. The molecule has 30 heavy (non-hydrogen) atoms. The van der Waals surface area contributed by atoms with Crippen molar-refractivity contribution in [1.29, 1.82) is 0 Å². The Bertz CT molecular complexity index is 753. The maximum Gasteiger partial charge on any atom is 0.328 e. The van der Waals surface area contributed by atoms with Gasteiger partial charge in [0.05, 0.1) is 12.6 Å². The average molecular weight is 417 g/mol. The van der Waals surface area contributed by atoms with Gasteiger partial charge >= 0.3 is 11.9 Å². The van der Waals surface area contributed by atoms with Crippen molar-refractivity contribution in [3.8, 4) is 0 Å². The second kappa shape index (κ2) is 10.1. The van der Waals surface area contributed by atoms with E-state index in [1.54, 1.807) is 18.7 Å². The second-order valence-corrected chi connectivity index (χ2v) is 8.31. The summed E-state index contributed by atoms with van der Waals surface area (Å²) in [6, 6.07) is 7.63. The van der Waals surface area contributed by atoms with E-state index in [1.165, 1.54) is 0 Å². The fraction of sp³-hybridized carbons (Fsp3) is 0.609. The van der Waals surface area contributed by atoms with Gasteiger partial charge in [0.2, 0.25) is 5.91 Å². The summed E-state index contributed by atoms with van der Waals surface area (Å²) < 4.78 is 5.21. The molecule has 7 heteroatoms. The van der Waals surface area contributed by atoms with Crippen LogP contribution in [-0.2, 0) is 25.5 Å². The first-order chi connectivity index (χ1) is 14.4. The van der Waals surface area contributed by atoms with Crippen molar-refractivity contribution in [2.24, 2.45) is 5.92 Å². The molecule has 0 bridgehead atoms. The number of aliphatic carboxylic acids is 1. The summed E-state index contributed by atoms with van der Waals surface area (Å²) >= 11 is 0. The molecule has 1 aromatic rings. The third kappa shape index (κ3) is 5.01. The molecule has 1 aromatic carbocycles. The third-order valence-corrected chi connectivity index (χ3v) is 6.34. The number of hydrogen-bond acceptors (Lipinski definition) is 5. The molecule has 5 unspecified atom stereocenters. The van der Waals surface area contributed by atoms with E-state index in [0.717, 1.165) is 24.8 Å². The van der Waals surface area contributed by atoms with Gasteiger partial charge in [-0.25, -0.2) is 4.79 Å². The SMILES string of the molecule is CCOC(=O)C1CC2CCCC2N1C(=O)C(C)NC(CCc1ccccc1)C(=O)O. The van der Waals surface area contributed by atoms with E-state index in [1.807, 2.05) is 30.3 Å². The molecule has 2 N–H and O–H groups in total. The fourth-order valence-electron chi connectivity index (χ4n) is 4.89. The Morgan fingerprint density at radius 1 is 1.23 bits per heavy atom. The number of carbonyl (C=O) groups excluding carboxylic acids is 2. The minimum atomic E-state index is -0.979. The lowest BCUT2D eigenvalue weighted by atomic mass is 10.0. The monoisotopic (exact) mass is 416 g/mol. The number of nitrogens with zero attached hydrogens (tertiary/aromatic N) is 1. The van der Waals surface area contributed by atoms with Crippen molar-refractivity contribution in [3.05, 3.63) is 35.9 Å². The zero-order chi connectivity index (χ0) is 21.7. The molecular formula is C23H32N2O5. The zero-order valence-corrected chi connectivity index (χ0v) is 17.8. The van der Waals surface area contributed by atoms with E-state index < -0.39 is 24.1 Å². The number of esters is 1. The van der Waals surface area contributed by atoms with E-state index in [4.69, 9.17) is 4.74 Å². The summed E-state index contributed by atoms with van der Waals surface area (Å²) in [5, 5.41) is 12.6. The lowest BCUT2D eigenvalue weighted by Crippen LogP contribution is -2.55. The molecular weight excluding hydrogens is 384 g/mol. The Balaban J connectivity index is 1.66. The summed E-state index contributed by atoms with van der Waals surface area (Å²) in [6.45, 7) is 3.72. The van der Waals surface area contributed by atoms with Crippen molar-refractivity contribution in [2.45, 2.75) is 76.5 Å². The lowest BCUT2D eigenvalue weighted by Gasteiger charge is -2.32. The molecule has 2 aliphatic rings. The first-order valence-electron chi connectivity index (χ1n) is 10.9. The van der Waals surface area contributed by atoms with Crippen LogP contribution in [0.5, 0.6) is 0 Å². The number of amides is 1. The normalized spacial score (nSPS) is 24.9. The largest absolute Gasteiger partial charge is 0.480 e. The molecule has 1 saturated heterocycles. The van der Waals surface area contributed by atoms with Gasteiger partial charge in [0, 0.05) is 6.04 Å². The molecule has 2 fully saturated rings. The average Bonchev–Trinajstić information content (AvgIpc) is 3.32. The van der Waals surface area contributed by atoms with Crippen LogP contribution in [0.4, 0.5) is 0 Å². The van der Waals surface area contributed by atoms with Gasteiger partial charge < -0.3 is 14.7 Å². The van der Waals surface area contributed by atoms with Crippen LogP contribution >= 0.6 is 0 Å². The highest BCUT2D eigenvalue weighted by Gasteiger charge is 2.50. The van der Waals surface area contributed by atoms with Crippen molar-refractivity contribution >= 4 is 17.8 Å². The quantitative estimate of drug-likeness (QED) is 0.600. The van der Waals surface area contributed by atoms with Gasteiger partial charge in [0.1, 0.15) is 12.1 Å². The number of likely N-dealkylation sites (tertiary alicyclic amines) is 1. The second-order valence-electron chi connectivity index (χ2n) is 8.31. The number of fused-ring (bicyclic) bond motifs is 1. The first kappa shape index (κ1) is 22.3. The Morgan fingerprint density at radius 2 is 1.97 bits per heavy atom. The number of ether oxygens (including phenoxy) is 1. The zero-order valence-electron chi connectivity index (χ0n) is 17.8. The van der Waals surface area contributed by atoms with Gasteiger partial charge in [0.25, 0.3) is 0 Å². The van der Waals surface area contributed by atoms with E-state index >= 15 is 0 Å². The molecule has 164 valence electrons. The van der Waals surface area contributed by atoms with Crippen LogP contribution in [0.15, 0.2) is 30.3 Å². The van der Waals surface area contributed by atoms with Gasteiger partial charge in [-0.2, -0.15) is 0 Å². The number of aryl methyl sites for hydroxylation is 1. The van der Waals surface area contributed by atoms with Crippen molar-refractivity contribution in [2.75, 3.05) is 6.61 Å². The minimum Gasteiger partial charge on any atom is -0.480 e. The lowest BCUT2D eigenvalue weighted by molar-refractivity contribution is -0.155. The van der Waals surface area contributed by atoms with Gasteiger partial charge in [0.15, 0.2) is 0 Å². The molecule has 1 saturated carbocycles. The van der Waals surface area contributed by atoms with Crippen molar-refractivity contribution in [3.63, 3.8) is 0 Å². The Labute approximate surface area is 177 Å². The predicted molar refractivity (Wildman–Crippen MR) is 112 cm³/mol. The summed E-state index contributed by atoms with van der Waals surface area (Å²) in [5.74, 6) is -1.23. The molecule has 1 heterocycles. The number of hydrogen-bond donors (Lipinski definition) is 2. The summed E-state index contributed by atoms with van der Waals surface area (Å²) in [6.07, 6.45) is 4.57. The van der Waals surface area contributed by atoms with E-state index in [0.29, 0.717) is 25.2 Å². The first-order valence-corrected chi connectivity index (χ1v) is 10.9. The highest BCUT2D eigenvalue weighted by atomic mass is 16.5. The third-order valence-electron chi connectivity index (χ3n) is 6.34. The standard InChI is InChI=1S/C23H32N2O5/c1-3-30-23(29)20-14-17-10-7-11-19(17)25(20)21(26)15(2)24-18(22(27)28)13-12-16-8-5-4-6-9-16/h4-6,8-9,15,17-20,24H,3,7,10-14H2,1-2H3,(H,27,28). The van der Waals surface area contributed by atoms with Crippen molar-refractivity contribution < 1.29 is 24.2 Å². The molecule has 1 aliphatic carbocycles. The van der Waals surface area contributed by atoms with Gasteiger partial charge in [-0.1, -0.05) is 36.8 Å². The molecule has 0 aromatic heterocycles. The highest BCUT2D eigenvalue weighted by molar-refractivity contribution is 5.89. The summed E-state index contributed by atoms with van der Waals surface area (Å²) in [5.41, 5.74) is 1.06. The number of carboxylic acids is 1.